The van der Waals surface area contributed by atoms with E-state index in [-0.39, 0.29) is 17.7 Å². The Morgan fingerprint density at radius 2 is 2.03 bits per heavy atom. The molecule has 0 radical (unpaired) electrons. The maximum Gasteiger partial charge on any atom is 0.255 e. The lowest BCUT2D eigenvalue weighted by molar-refractivity contribution is -0.121. The number of hydrogen-bond donors (Lipinski definition) is 1. The Kier molecular flexibility index (Phi) is 6.04. The van der Waals surface area contributed by atoms with Crippen LogP contribution in [0.1, 0.15) is 34.6 Å². The first kappa shape index (κ1) is 21.1. The highest BCUT2D eigenvalue weighted by Gasteiger charge is 2.30. The maximum atomic E-state index is 13.3. The molecule has 0 aliphatic carbocycles. The first-order chi connectivity index (χ1) is 14.9. The molecule has 1 aliphatic rings. The van der Waals surface area contributed by atoms with Crippen LogP contribution in [0.5, 0.6) is 0 Å². The van der Waals surface area contributed by atoms with Gasteiger partial charge in [0.1, 0.15) is 5.82 Å². The molecule has 160 valence electrons. The molecule has 1 unspecified atom stereocenters. The largest absolute Gasteiger partial charge is 0.338 e. The van der Waals surface area contributed by atoms with Crippen molar-refractivity contribution in [3.05, 3.63) is 70.9 Å². The highest BCUT2D eigenvalue weighted by Crippen LogP contribution is 2.25. The van der Waals surface area contributed by atoms with E-state index in [1.54, 1.807) is 29.4 Å². The molecule has 1 saturated heterocycles. The Morgan fingerprint density at radius 3 is 2.74 bits per heavy atom. The van der Waals surface area contributed by atoms with Crippen molar-refractivity contribution in [2.75, 3.05) is 18.4 Å². The average Bonchev–Trinajstić information content (AvgIpc) is 3.09. The standard InChI is InChI=1S/C23H24ClN5O2/c1-15-11-20(16(2)29(15)19-6-3-9-25-13-19)23(31)28-10-4-5-17(14-28)22(30)27-21-8-7-18(24)12-26-21/h3,6-9,11-13,17H,4-5,10,14H2,1-2H3,(H,26,27,30). The summed E-state index contributed by atoms with van der Waals surface area (Å²) in [6.45, 7) is 4.93. The van der Waals surface area contributed by atoms with Crippen molar-refractivity contribution in [1.29, 1.82) is 0 Å². The number of nitrogens with one attached hydrogen (secondary N) is 1. The minimum Gasteiger partial charge on any atom is -0.338 e. The summed E-state index contributed by atoms with van der Waals surface area (Å²) < 4.78 is 2.03. The molecular formula is C23H24ClN5O2. The molecule has 0 aromatic carbocycles. The summed E-state index contributed by atoms with van der Waals surface area (Å²) in [5.41, 5.74) is 3.41. The number of nitrogens with zero attached hydrogens (tertiary/aromatic N) is 4. The van der Waals surface area contributed by atoms with E-state index in [0.717, 1.165) is 29.9 Å². The second-order valence-electron chi connectivity index (χ2n) is 7.77. The maximum absolute atomic E-state index is 13.3. The molecule has 0 saturated carbocycles. The fourth-order valence-corrected chi connectivity index (χ4v) is 4.20. The van der Waals surface area contributed by atoms with E-state index in [1.165, 1.54) is 6.20 Å². The number of carbonyl (C=O) groups excluding carboxylic acids is 2. The summed E-state index contributed by atoms with van der Waals surface area (Å²) in [7, 11) is 0. The van der Waals surface area contributed by atoms with Gasteiger partial charge in [0.05, 0.1) is 28.4 Å². The number of anilines is 1. The van der Waals surface area contributed by atoms with E-state index in [2.05, 4.69) is 15.3 Å². The van der Waals surface area contributed by atoms with E-state index in [1.807, 2.05) is 36.6 Å². The lowest BCUT2D eigenvalue weighted by Crippen LogP contribution is -2.44. The topological polar surface area (TPSA) is 80.1 Å². The Bertz CT molecular complexity index is 1100. The minimum absolute atomic E-state index is 0.0506. The average molecular weight is 438 g/mol. The van der Waals surface area contributed by atoms with Crippen LogP contribution in [0.25, 0.3) is 5.69 Å². The Labute approximate surface area is 186 Å². The molecule has 2 amide bonds. The van der Waals surface area contributed by atoms with Crippen LogP contribution in [-0.2, 0) is 4.79 Å². The van der Waals surface area contributed by atoms with Crippen molar-refractivity contribution >= 4 is 29.2 Å². The highest BCUT2D eigenvalue weighted by atomic mass is 35.5. The van der Waals surface area contributed by atoms with Crippen LogP contribution in [0.2, 0.25) is 5.02 Å². The molecule has 4 rings (SSSR count). The second kappa shape index (κ2) is 8.89. The zero-order valence-electron chi connectivity index (χ0n) is 17.5. The lowest BCUT2D eigenvalue weighted by Gasteiger charge is -2.32. The van der Waals surface area contributed by atoms with Gasteiger partial charge >= 0.3 is 0 Å². The van der Waals surface area contributed by atoms with Gasteiger partial charge in [0, 0.05) is 36.9 Å². The number of likely N-dealkylation sites (tertiary alicyclic amines) is 1. The molecule has 8 heteroatoms. The van der Waals surface area contributed by atoms with Crippen molar-refractivity contribution in [1.82, 2.24) is 19.4 Å². The number of aromatic nitrogens is 3. The van der Waals surface area contributed by atoms with Crippen molar-refractivity contribution in [2.45, 2.75) is 26.7 Å². The number of pyridine rings is 2. The van der Waals surface area contributed by atoms with Crippen LogP contribution in [-0.4, -0.2) is 44.3 Å². The summed E-state index contributed by atoms with van der Waals surface area (Å²) in [6.07, 6.45) is 6.51. The van der Waals surface area contributed by atoms with Gasteiger partial charge in [0.2, 0.25) is 5.91 Å². The van der Waals surface area contributed by atoms with Crippen LogP contribution in [0.4, 0.5) is 5.82 Å². The summed E-state index contributed by atoms with van der Waals surface area (Å²) in [5.74, 6) is -0.00614. The number of hydrogen-bond acceptors (Lipinski definition) is 4. The second-order valence-corrected chi connectivity index (χ2v) is 8.21. The zero-order valence-corrected chi connectivity index (χ0v) is 18.3. The van der Waals surface area contributed by atoms with E-state index in [4.69, 9.17) is 11.6 Å². The number of aryl methyl sites for hydroxylation is 1. The summed E-state index contributed by atoms with van der Waals surface area (Å²) in [5, 5.41) is 3.34. The van der Waals surface area contributed by atoms with Crippen molar-refractivity contribution in [2.24, 2.45) is 5.92 Å². The van der Waals surface area contributed by atoms with Crippen LogP contribution in [0.3, 0.4) is 0 Å². The van der Waals surface area contributed by atoms with Gasteiger partial charge in [0.15, 0.2) is 0 Å². The molecule has 4 heterocycles. The van der Waals surface area contributed by atoms with Gasteiger partial charge in [-0.1, -0.05) is 11.6 Å². The van der Waals surface area contributed by atoms with E-state index in [9.17, 15) is 9.59 Å². The highest BCUT2D eigenvalue weighted by molar-refractivity contribution is 6.30. The molecular weight excluding hydrogens is 414 g/mol. The van der Waals surface area contributed by atoms with Gasteiger partial charge in [-0.3, -0.25) is 14.6 Å². The van der Waals surface area contributed by atoms with Crippen molar-refractivity contribution in [3.63, 3.8) is 0 Å². The summed E-state index contributed by atoms with van der Waals surface area (Å²) >= 11 is 5.85. The normalized spacial score (nSPS) is 16.2. The molecule has 1 N–H and O–H groups in total. The third-order valence-corrected chi connectivity index (χ3v) is 5.85. The van der Waals surface area contributed by atoms with E-state index < -0.39 is 0 Å². The third-order valence-electron chi connectivity index (χ3n) is 5.62. The first-order valence-electron chi connectivity index (χ1n) is 10.2. The Balaban J connectivity index is 1.49. The predicted octanol–water partition coefficient (Wildman–Crippen LogP) is 4.03. The van der Waals surface area contributed by atoms with Gasteiger partial charge in [-0.05, 0) is 57.0 Å². The molecule has 7 nitrogen and oxygen atoms in total. The van der Waals surface area contributed by atoms with Crippen LogP contribution < -0.4 is 5.32 Å². The molecule has 3 aromatic rings. The number of amides is 2. The fraction of sp³-hybridized carbons (Fsp3) is 0.304. The summed E-state index contributed by atoms with van der Waals surface area (Å²) in [6, 6.07) is 9.09. The van der Waals surface area contributed by atoms with Gasteiger partial charge in [-0.2, -0.15) is 0 Å². The predicted molar refractivity (Wildman–Crippen MR) is 120 cm³/mol. The lowest BCUT2D eigenvalue weighted by atomic mass is 9.96. The Morgan fingerprint density at radius 1 is 1.19 bits per heavy atom. The van der Waals surface area contributed by atoms with Gasteiger partial charge in [0.25, 0.3) is 5.91 Å². The molecule has 0 spiro atoms. The zero-order chi connectivity index (χ0) is 22.0. The van der Waals surface area contributed by atoms with Crippen molar-refractivity contribution in [3.8, 4) is 5.69 Å². The smallest absolute Gasteiger partial charge is 0.255 e. The van der Waals surface area contributed by atoms with E-state index >= 15 is 0 Å². The fourth-order valence-electron chi connectivity index (χ4n) is 4.09. The van der Waals surface area contributed by atoms with Crippen molar-refractivity contribution < 1.29 is 9.59 Å². The van der Waals surface area contributed by atoms with Crippen LogP contribution in [0, 0.1) is 19.8 Å². The number of piperidine rings is 1. The Hall–Kier alpha value is -3.19. The van der Waals surface area contributed by atoms with Gasteiger partial charge in [-0.25, -0.2) is 4.98 Å². The summed E-state index contributed by atoms with van der Waals surface area (Å²) in [4.78, 5) is 36.1. The van der Waals surface area contributed by atoms with Crippen LogP contribution in [0.15, 0.2) is 48.9 Å². The molecule has 0 bridgehead atoms. The minimum atomic E-state index is -0.281. The number of halogens is 1. The van der Waals surface area contributed by atoms with E-state index in [0.29, 0.717) is 29.5 Å². The molecule has 3 aromatic heterocycles. The molecule has 1 atom stereocenters. The third kappa shape index (κ3) is 4.46. The van der Waals surface area contributed by atoms with Crippen LogP contribution >= 0.6 is 11.6 Å². The monoisotopic (exact) mass is 437 g/mol. The molecule has 1 aliphatic heterocycles. The van der Waals surface area contributed by atoms with Gasteiger partial charge < -0.3 is 14.8 Å². The molecule has 1 fully saturated rings. The molecule has 31 heavy (non-hydrogen) atoms. The first-order valence-corrected chi connectivity index (χ1v) is 10.6. The SMILES string of the molecule is Cc1cc(C(=O)N2CCCC(C(=O)Nc3ccc(Cl)cn3)C2)c(C)n1-c1cccnc1. The van der Waals surface area contributed by atoms with Gasteiger partial charge in [-0.15, -0.1) is 0 Å². The number of rotatable bonds is 4. The number of carbonyl (C=O) groups is 2. The quantitative estimate of drug-likeness (QED) is 0.668.